The highest BCUT2D eigenvalue weighted by molar-refractivity contribution is 9.10. The van der Waals surface area contributed by atoms with Gasteiger partial charge in [-0.05, 0) is 71.7 Å². The standard InChI is InChI=1S/C20H16BrN3O4/c1-11-12(2)23-24-19(26)17(11)20(27)28-14-9-7-13(8-10-14)22-18(25)15-5-3-4-6-16(15)21/h3-10H,1-2H3,(H,22,25)(H,24,26). The zero-order chi connectivity index (χ0) is 20.3. The number of halogens is 1. The highest BCUT2D eigenvalue weighted by atomic mass is 79.9. The summed E-state index contributed by atoms with van der Waals surface area (Å²) in [5.74, 6) is -0.793. The van der Waals surface area contributed by atoms with E-state index in [2.05, 4.69) is 31.4 Å². The van der Waals surface area contributed by atoms with Crippen LogP contribution in [0.1, 0.15) is 32.0 Å². The molecule has 0 aliphatic rings. The molecule has 1 aromatic heterocycles. The van der Waals surface area contributed by atoms with Gasteiger partial charge in [-0.15, -0.1) is 0 Å². The molecule has 0 aliphatic heterocycles. The van der Waals surface area contributed by atoms with E-state index in [0.29, 0.717) is 27.0 Å². The predicted octanol–water partition coefficient (Wildman–Crippen LogP) is 3.62. The van der Waals surface area contributed by atoms with Gasteiger partial charge in [0.15, 0.2) is 0 Å². The number of aryl methyl sites for hydroxylation is 1. The first kappa shape index (κ1) is 19.5. The summed E-state index contributed by atoms with van der Waals surface area (Å²) in [5.41, 5.74) is 1.35. The second-order valence-electron chi connectivity index (χ2n) is 5.99. The Bertz CT molecular complexity index is 1110. The molecule has 28 heavy (non-hydrogen) atoms. The van der Waals surface area contributed by atoms with Crippen LogP contribution in [-0.4, -0.2) is 22.1 Å². The van der Waals surface area contributed by atoms with Crippen molar-refractivity contribution in [3.63, 3.8) is 0 Å². The normalized spacial score (nSPS) is 10.4. The van der Waals surface area contributed by atoms with Crippen LogP contribution in [-0.2, 0) is 0 Å². The smallest absolute Gasteiger partial charge is 0.349 e. The van der Waals surface area contributed by atoms with Crippen molar-refractivity contribution in [3.05, 3.63) is 85.7 Å². The maximum atomic E-state index is 12.3. The van der Waals surface area contributed by atoms with Crippen LogP contribution < -0.4 is 15.6 Å². The Kier molecular flexibility index (Phi) is 5.70. The van der Waals surface area contributed by atoms with Crippen molar-refractivity contribution < 1.29 is 14.3 Å². The van der Waals surface area contributed by atoms with Crippen molar-refractivity contribution in [1.29, 1.82) is 0 Å². The van der Waals surface area contributed by atoms with Crippen molar-refractivity contribution in [2.45, 2.75) is 13.8 Å². The molecule has 0 bridgehead atoms. The van der Waals surface area contributed by atoms with Crippen LogP contribution in [0.2, 0.25) is 0 Å². The van der Waals surface area contributed by atoms with Crippen molar-refractivity contribution in [3.8, 4) is 5.75 Å². The zero-order valence-corrected chi connectivity index (χ0v) is 16.7. The molecular weight excluding hydrogens is 426 g/mol. The molecular formula is C20H16BrN3O4. The fourth-order valence-corrected chi connectivity index (χ4v) is 2.94. The number of nitrogens with zero attached hydrogens (tertiary/aromatic N) is 1. The summed E-state index contributed by atoms with van der Waals surface area (Å²) in [7, 11) is 0. The third kappa shape index (κ3) is 4.17. The molecule has 0 spiro atoms. The van der Waals surface area contributed by atoms with Crippen molar-refractivity contribution in [2.75, 3.05) is 5.32 Å². The number of hydrogen-bond donors (Lipinski definition) is 2. The summed E-state index contributed by atoms with van der Waals surface area (Å²) in [6, 6.07) is 13.3. The predicted molar refractivity (Wildman–Crippen MR) is 108 cm³/mol. The molecule has 3 aromatic rings. The Balaban J connectivity index is 1.72. The Labute approximate surface area is 168 Å². The lowest BCUT2D eigenvalue weighted by Crippen LogP contribution is -2.25. The summed E-state index contributed by atoms with van der Waals surface area (Å²) >= 11 is 3.34. The highest BCUT2D eigenvalue weighted by Gasteiger charge is 2.18. The van der Waals surface area contributed by atoms with Crippen LogP contribution in [0, 0.1) is 13.8 Å². The first-order valence-electron chi connectivity index (χ1n) is 8.31. The van der Waals surface area contributed by atoms with E-state index < -0.39 is 11.5 Å². The third-order valence-electron chi connectivity index (χ3n) is 4.12. The molecule has 1 amide bonds. The molecule has 7 nitrogen and oxygen atoms in total. The van der Waals surface area contributed by atoms with E-state index in [1.807, 2.05) is 6.07 Å². The molecule has 142 valence electrons. The maximum absolute atomic E-state index is 12.3. The summed E-state index contributed by atoms with van der Waals surface area (Å²) in [6.07, 6.45) is 0. The molecule has 0 atom stereocenters. The lowest BCUT2D eigenvalue weighted by molar-refractivity contribution is 0.0731. The number of anilines is 1. The van der Waals surface area contributed by atoms with E-state index in [-0.39, 0.29) is 17.2 Å². The fraction of sp³-hybridized carbons (Fsp3) is 0.100. The fourth-order valence-electron chi connectivity index (χ4n) is 2.48. The Morgan fingerprint density at radius 1 is 1.07 bits per heavy atom. The maximum Gasteiger partial charge on any atom is 0.349 e. The van der Waals surface area contributed by atoms with Gasteiger partial charge < -0.3 is 10.1 Å². The molecule has 0 fully saturated rings. The van der Waals surface area contributed by atoms with E-state index in [0.717, 1.165) is 0 Å². The van der Waals surface area contributed by atoms with Gasteiger partial charge in [-0.1, -0.05) is 12.1 Å². The van der Waals surface area contributed by atoms with Crippen LogP contribution in [0.3, 0.4) is 0 Å². The summed E-state index contributed by atoms with van der Waals surface area (Å²) in [5, 5.41) is 8.84. The van der Waals surface area contributed by atoms with Crippen LogP contribution in [0.5, 0.6) is 5.75 Å². The third-order valence-corrected chi connectivity index (χ3v) is 4.81. The Morgan fingerprint density at radius 3 is 2.43 bits per heavy atom. The van der Waals surface area contributed by atoms with Crippen molar-refractivity contribution >= 4 is 33.5 Å². The minimum absolute atomic E-state index is 0.0844. The van der Waals surface area contributed by atoms with Gasteiger partial charge in [0.2, 0.25) is 0 Å². The average molecular weight is 442 g/mol. The lowest BCUT2D eigenvalue weighted by Gasteiger charge is -2.09. The molecule has 0 unspecified atom stereocenters. The van der Waals surface area contributed by atoms with E-state index in [1.165, 1.54) is 12.1 Å². The van der Waals surface area contributed by atoms with Crippen LogP contribution >= 0.6 is 15.9 Å². The second kappa shape index (κ2) is 8.18. The van der Waals surface area contributed by atoms with Crippen LogP contribution in [0.15, 0.2) is 57.8 Å². The molecule has 1 heterocycles. The monoisotopic (exact) mass is 441 g/mol. The average Bonchev–Trinajstić information content (AvgIpc) is 2.67. The number of carbonyl (C=O) groups excluding carboxylic acids is 2. The highest BCUT2D eigenvalue weighted by Crippen LogP contribution is 2.20. The first-order valence-corrected chi connectivity index (χ1v) is 9.10. The number of nitrogens with one attached hydrogen (secondary N) is 2. The van der Waals surface area contributed by atoms with Gasteiger partial charge in [0, 0.05) is 10.2 Å². The van der Waals surface area contributed by atoms with Gasteiger partial charge in [-0.2, -0.15) is 5.10 Å². The molecule has 3 rings (SSSR count). The number of hydrogen-bond acceptors (Lipinski definition) is 5. The van der Waals surface area contributed by atoms with Gasteiger partial charge in [-0.25, -0.2) is 9.89 Å². The quantitative estimate of drug-likeness (QED) is 0.475. The molecule has 2 aromatic carbocycles. The van der Waals surface area contributed by atoms with Gasteiger partial charge in [0.05, 0.1) is 11.3 Å². The molecule has 0 aliphatic carbocycles. The van der Waals surface area contributed by atoms with Gasteiger partial charge in [0.1, 0.15) is 11.3 Å². The van der Waals surface area contributed by atoms with Crippen LogP contribution in [0.25, 0.3) is 0 Å². The SMILES string of the molecule is Cc1n[nH]c(=O)c(C(=O)Oc2ccc(NC(=O)c3ccccc3Br)cc2)c1C. The number of ether oxygens (including phenoxy) is 1. The molecule has 2 N–H and O–H groups in total. The van der Waals surface area contributed by atoms with E-state index in [1.54, 1.807) is 44.2 Å². The Hall–Kier alpha value is -3.26. The number of amides is 1. The number of rotatable bonds is 4. The number of H-pyrrole nitrogens is 1. The first-order chi connectivity index (χ1) is 13.4. The minimum Gasteiger partial charge on any atom is -0.423 e. The van der Waals surface area contributed by atoms with Gasteiger partial charge >= 0.3 is 5.97 Å². The minimum atomic E-state index is -0.769. The largest absolute Gasteiger partial charge is 0.423 e. The number of benzene rings is 2. The zero-order valence-electron chi connectivity index (χ0n) is 15.1. The van der Waals surface area contributed by atoms with Crippen molar-refractivity contribution in [2.24, 2.45) is 0 Å². The van der Waals surface area contributed by atoms with Gasteiger partial charge in [0.25, 0.3) is 11.5 Å². The molecule has 8 heteroatoms. The Morgan fingerprint density at radius 2 is 1.75 bits per heavy atom. The molecule has 0 saturated heterocycles. The number of aromatic nitrogens is 2. The summed E-state index contributed by atoms with van der Waals surface area (Å²) in [4.78, 5) is 36.6. The van der Waals surface area contributed by atoms with E-state index in [4.69, 9.17) is 4.74 Å². The molecule has 0 saturated carbocycles. The second-order valence-corrected chi connectivity index (χ2v) is 6.84. The lowest BCUT2D eigenvalue weighted by atomic mass is 10.1. The topological polar surface area (TPSA) is 101 Å². The molecule has 0 radical (unpaired) electrons. The number of esters is 1. The van der Waals surface area contributed by atoms with E-state index in [9.17, 15) is 14.4 Å². The summed E-state index contributed by atoms with van der Waals surface area (Å²) in [6.45, 7) is 3.32. The number of aromatic amines is 1. The van der Waals surface area contributed by atoms with Gasteiger partial charge in [-0.3, -0.25) is 9.59 Å². The number of carbonyl (C=O) groups is 2. The van der Waals surface area contributed by atoms with Crippen molar-refractivity contribution in [1.82, 2.24) is 10.2 Å². The van der Waals surface area contributed by atoms with Crippen LogP contribution in [0.4, 0.5) is 5.69 Å². The summed E-state index contributed by atoms with van der Waals surface area (Å²) < 4.78 is 5.96. The van der Waals surface area contributed by atoms with E-state index >= 15 is 0 Å².